The van der Waals surface area contributed by atoms with E-state index in [0.717, 1.165) is 11.0 Å². The average molecular weight is 272 g/mol. The Hall–Kier alpha value is -2.39. The summed E-state index contributed by atoms with van der Waals surface area (Å²) in [6, 6.07) is 9.52. The molecule has 1 N–H and O–H groups in total. The zero-order valence-corrected chi connectivity index (χ0v) is 11.4. The number of carboxylic acid groups (broad SMARTS) is 1. The number of hydrogen-bond acceptors (Lipinski definition) is 4. The number of hydrogen-bond donors (Lipinski definition) is 1. The largest absolute Gasteiger partial charge is 0.480 e. The van der Waals surface area contributed by atoms with E-state index in [2.05, 4.69) is 11.1 Å². The molecule has 1 aromatic carbocycles. The molecule has 104 valence electrons. The fraction of sp³-hybridized carbons (Fsp3) is 0.357. The van der Waals surface area contributed by atoms with Crippen molar-refractivity contribution in [1.82, 2.24) is 14.5 Å². The topological polar surface area (TPSA) is 82.2 Å². The summed E-state index contributed by atoms with van der Waals surface area (Å²) in [5.41, 5.74) is 1.70. The monoisotopic (exact) mass is 272 g/mol. The molecule has 1 unspecified atom stereocenters. The van der Waals surface area contributed by atoms with Crippen molar-refractivity contribution >= 4 is 17.0 Å². The lowest BCUT2D eigenvalue weighted by Crippen LogP contribution is -2.30. The van der Waals surface area contributed by atoms with Crippen LogP contribution in [0.15, 0.2) is 24.3 Å². The highest BCUT2D eigenvalue weighted by molar-refractivity contribution is 5.76. The first-order chi connectivity index (χ1) is 9.54. The van der Waals surface area contributed by atoms with Crippen molar-refractivity contribution < 1.29 is 9.90 Å². The molecule has 1 atom stereocenters. The number of imidazole rings is 1. The van der Waals surface area contributed by atoms with Crippen molar-refractivity contribution in [3.8, 4) is 6.07 Å². The van der Waals surface area contributed by atoms with E-state index in [9.17, 15) is 4.79 Å². The third kappa shape index (κ3) is 2.63. The molecule has 0 saturated carbocycles. The molecular weight excluding hydrogens is 256 g/mol. The number of carboxylic acids is 1. The number of fused-ring (bicyclic) bond motifs is 1. The second-order valence-corrected chi connectivity index (χ2v) is 4.69. The van der Waals surface area contributed by atoms with Crippen LogP contribution in [-0.2, 0) is 11.3 Å². The summed E-state index contributed by atoms with van der Waals surface area (Å²) in [5, 5.41) is 17.9. The molecule has 20 heavy (non-hydrogen) atoms. The number of rotatable bonds is 5. The van der Waals surface area contributed by atoms with E-state index in [1.807, 2.05) is 35.8 Å². The van der Waals surface area contributed by atoms with Gasteiger partial charge in [-0.1, -0.05) is 12.1 Å². The molecule has 0 spiro atoms. The van der Waals surface area contributed by atoms with Gasteiger partial charge in [-0.25, -0.2) is 4.98 Å². The van der Waals surface area contributed by atoms with E-state index in [-0.39, 0.29) is 19.1 Å². The highest BCUT2D eigenvalue weighted by Gasteiger charge is 2.21. The molecule has 2 rings (SSSR count). The number of para-hydroxylation sites is 2. The molecule has 0 aliphatic carbocycles. The fourth-order valence-electron chi connectivity index (χ4n) is 2.20. The number of nitrogens with zero attached hydrogens (tertiary/aromatic N) is 4. The normalized spacial score (nSPS) is 12.5. The molecule has 1 aromatic heterocycles. The van der Waals surface area contributed by atoms with Crippen LogP contribution in [0.25, 0.3) is 11.0 Å². The third-order valence-electron chi connectivity index (χ3n) is 3.33. The minimum atomic E-state index is -0.887. The summed E-state index contributed by atoms with van der Waals surface area (Å²) in [6.07, 6.45) is 0. The van der Waals surface area contributed by atoms with Crippen LogP contribution in [-0.4, -0.2) is 39.1 Å². The SMILES string of the molecule is CC(c1nc2ccccc2n1CC#N)N(C)CC(=O)O. The van der Waals surface area contributed by atoms with Crippen molar-refractivity contribution in [3.63, 3.8) is 0 Å². The van der Waals surface area contributed by atoms with Crippen molar-refractivity contribution in [2.75, 3.05) is 13.6 Å². The second kappa shape index (κ2) is 5.72. The van der Waals surface area contributed by atoms with Gasteiger partial charge in [0.2, 0.25) is 0 Å². The Labute approximate surface area is 116 Å². The maximum Gasteiger partial charge on any atom is 0.317 e. The van der Waals surface area contributed by atoms with Gasteiger partial charge in [-0.05, 0) is 26.1 Å². The molecule has 0 radical (unpaired) electrons. The molecule has 0 aliphatic heterocycles. The number of aliphatic carboxylic acids is 1. The number of aromatic nitrogens is 2. The zero-order chi connectivity index (χ0) is 14.7. The summed E-state index contributed by atoms with van der Waals surface area (Å²) in [5.74, 6) is -0.182. The Morgan fingerprint density at radius 2 is 2.25 bits per heavy atom. The van der Waals surface area contributed by atoms with Crippen LogP contribution in [0, 0.1) is 11.3 Å². The number of benzene rings is 1. The van der Waals surface area contributed by atoms with Gasteiger partial charge in [0.05, 0.1) is 29.7 Å². The fourth-order valence-corrected chi connectivity index (χ4v) is 2.20. The molecule has 0 amide bonds. The Morgan fingerprint density at radius 3 is 2.90 bits per heavy atom. The summed E-state index contributed by atoms with van der Waals surface area (Å²) in [4.78, 5) is 17.0. The highest BCUT2D eigenvalue weighted by atomic mass is 16.4. The first-order valence-corrected chi connectivity index (χ1v) is 6.28. The van der Waals surface area contributed by atoms with Gasteiger partial charge in [0.15, 0.2) is 0 Å². The summed E-state index contributed by atoms with van der Waals surface area (Å²) in [6.45, 7) is 2.01. The van der Waals surface area contributed by atoms with E-state index in [0.29, 0.717) is 5.82 Å². The maximum atomic E-state index is 10.8. The Morgan fingerprint density at radius 1 is 1.55 bits per heavy atom. The molecule has 6 heteroatoms. The highest BCUT2D eigenvalue weighted by Crippen LogP contribution is 2.23. The van der Waals surface area contributed by atoms with Crippen LogP contribution in [0.1, 0.15) is 18.8 Å². The number of likely N-dealkylation sites (N-methyl/N-ethyl adjacent to an activating group) is 1. The van der Waals surface area contributed by atoms with Gasteiger partial charge in [-0.15, -0.1) is 0 Å². The standard InChI is InChI=1S/C14H16N4O2/c1-10(17(2)9-13(19)20)14-16-11-5-3-4-6-12(11)18(14)8-7-15/h3-6,10H,8-9H2,1-2H3,(H,19,20). The van der Waals surface area contributed by atoms with Crippen molar-refractivity contribution in [2.24, 2.45) is 0 Å². The van der Waals surface area contributed by atoms with E-state index >= 15 is 0 Å². The summed E-state index contributed by atoms with van der Waals surface area (Å²) >= 11 is 0. The molecule has 0 fully saturated rings. The zero-order valence-electron chi connectivity index (χ0n) is 11.4. The minimum absolute atomic E-state index is 0.0725. The predicted molar refractivity (Wildman–Crippen MR) is 74.0 cm³/mol. The molecule has 6 nitrogen and oxygen atoms in total. The van der Waals surface area contributed by atoms with E-state index in [1.165, 1.54) is 0 Å². The Bertz CT molecular complexity index is 671. The first-order valence-electron chi connectivity index (χ1n) is 6.28. The average Bonchev–Trinajstić information content (AvgIpc) is 2.77. The van der Waals surface area contributed by atoms with Crippen LogP contribution in [0.3, 0.4) is 0 Å². The molecule has 0 aliphatic rings. The molecule has 1 heterocycles. The summed E-state index contributed by atoms with van der Waals surface area (Å²) < 4.78 is 1.83. The lowest BCUT2D eigenvalue weighted by Gasteiger charge is -2.22. The van der Waals surface area contributed by atoms with Crippen molar-refractivity contribution in [1.29, 1.82) is 5.26 Å². The third-order valence-corrected chi connectivity index (χ3v) is 3.33. The van der Waals surface area contributed by atoms with Crippen LogP contribution < -0.4 is 0 Å². The van der Waals surface area contributed by atoms with E-state index < -0.39 is 5.97 Å². The van der Waals surface area contributed by atoms with Gasteiger partial charge in [-0.2, -0.15) is 5.26 Å². The van der Waals surface area contributed by atoms with Gasteiger partial charge in [0.1, 0.15) is 12.4 Å². The van der Waals surface area contributed by atoms with Crippen molar-refractivity contribution in [3.05, 3.63) is 30.1 Å². The predicted octanol–water partition coefficient (Wildman–Crippen LogP) is 1.64. The van der Waals surface area contributed by atoms with Crippen LogP contribution in [0.4, 0.5) is 0 Å². The lowest BCUT2D eigenvalue weighted by atomic mass is 10.2. The Kier molecular flexibility index (Phi) is 4.01. The second-order valence-electron chi connectivity index (χ2n) is 4.69. The van der Waals surface area contributed by atoms with Gasteiger partial charge >= 0.3 is 5.97 Å². The Balaban J connectivity index is 2.45. The van der Waals surface area contributed by atoms with E-state index in [1.54, 1.807) is 11.9 Å². The minimum Gasteiger partial charge on any atom is -0.480 e. The lowest BCUT2D eigenvalue weighted by molar-refractivity contribution is -0.138. The summed E-state index contributed by atoms with van der Waals surface area (Å²) in [7, 11) is 1.73. The number of nitriles is 1. The van der Waals surface area contributed by atoms with E-state index in [4.69, 9.17) is 10.4 Å². The smallest absolute Gasteiger partial charge is 0.317 e. The number of carbonyl (C=O) groups is 1. The van der Waals surface area contributed by atoms with Gasteiger partial charge < -0.3 is 9.67 Å². The molecule has 2 aromatic rings. The molecule has 0 saturated heterocycles. The first kappa shape index (κ1) is 14.0. The van der Waals surface area contributed by atoms with Crippen LogP contribution >= 0.6 is 0 Å². The van der Waals surface area contributed by atoms with Crippen LogP contribution in [0.2, 0.25) is 0 Å². The maximum absolute atomic E-state index is 10.8. The van der Waals surface area contributed by atoms with Gasteiger partial charge in [0, 0.05) is 0 Å². The van der Waals surface area contributed by atoms with Crippen LogP contribution in [0.5, 0.6) is 0 Å². The van der Waals surface area contributed by atoms with Gasteiger partial charge in [0.25, 0.3) is 0 Å². The molecule has 0 bridgehead atoms. The molecular formula is C14H16N4O2. The van der Waals surface area contributed by atoms with Crippen molar-refractivity contribution in [2.45, 2.75) is 19.5 Å². The van der Waals surface area contributed by atoms with Gasteiger partial charge in [-0.3, -0.25) is 9.69 Å². The quantitative estimate of drug-likeness (QED) is 0.894.